The van der Waals surface area contributed by atoms with Crippen molar-refractivity contribution in [1.82, 2.24) is 5.32 Å². The van der Waals surface area contributed by atoms with Crippen LogP contribution in [0.5, 0.6) is 0 Å². The Labute approximate surface area is 130 Å². The molecule has 1 N–H and O–H groups in total. The van der Waals surface area contributed by atoms with Crippen molar-refractivity contribution in [2.24, 2.45) is 23.7 Å². The summed E-state index contributed by atoms with van der Waals surface area (Å²) in [6.45, 7) is 3.19. The van der Waals surface area contributed by atoms with Crippen molar-refractivity contribution in [2.75, 3.05) is 0 Å². The van der Waals surface area contributed by atoms with Crippen LogP contribution in [0.1, 0.15) is 43.2 Å². The molecule has 0 spiro atoms. The van der Waals surface area contributed by atoms with Crippen molar-refractivity contribution < 1.29 is 0 Å². The van der Waals surface area contributed by atoms with Crippen LogP contribution in [0.4, 0.5) is 0 Å². The molecular weight excluding hydrogens is 310 g/mol. The zero-order chi connectivity index (χ0) is 13.7. The maximum absolute atomic E-state index is 3.91. The second kappa shape index (κ2) is 5.14. The van der Waals surface area contributed by atoms with Gasteiger partial charge in [-0.05, 0) is 79.9 Å². The van der Waals surface area contributed by atoms with Crippen molar-refractivity contribution in [3.63, 3.8) is 0 Å². The van der Waals surface area contributed by atoms with Crippen molar-refractivity contribution in [3.05, 3.63) is 33.8 Å². The van der Waals surface area contributed by atoms with Gasteiger partial charge in [0.15, 0.2) is 0 Å². The summed E-state index contributed by atoms with van der Waals surface area (Å²) in [6, 6.07) is 7.56. The van der Waals surface area contributed by atoms with Crippen molar-refractivity contribution in [3.8, 4) is 0 Å². The predicted molar refractivity (Wildman–Crippen MR) is 86.6 cm³/mol. The molecule has 20 heavy (non-hydrogen) atoms. The minimum atomic E-state index is 0.794. The quantitative estimate of drug-likeness (QED) is 0.847. The first kappa shape index (κ1) is 13.3. The molecule has 4 bridgehead atoms. The molecule has 0 amide bonds. The molecule has 0 aliphatic heterocycles. The summed E-state index contributed by atoms with van der Waals surface area (Å²) < 4.78 is 1.24. The number of nitrogens with one attached hydrogen (secondary N) is 1. The topological polar surface area (TPSA) is 12.0 Å². The number of hydrogen-bond acceptors (Lipinski definition) is 1. The van der Waals surface area contributed by atoms with Crippen LogP contribution in [0, 0.1) is 30.6 Å². The van der Waals surface area contributed by atoms with Gasteiger partial charge in [-0.1, -0.05) is 28.1 Å². The van der Waals surface area contributed by atoms with Crippen LogP contribution in [0.2, 0.25) is 0 Å². The maximum atomic E-state index is 3.91. The van der Waals surface area contributed by atoms with Crippen LogP contribution in [-0.2, 0) is 6.54 Å². The largest absolute Gasteiger partial charge is 0.309 e. The van der Waals surface area contributed by atoms with Crippen LogP contribution < -0.4 is 5.32 Å². The van der Waals surface area contributed by atoms with E-state index >= 15 is 0 Å². The Balaban J connectivity index is 1.43. The van der Waals surface area contributed by atoms with Gasteiger partial charge in [0.25, 0.3) is 0 Å². The number of halogens is 1. The van der Waals surface area contributed by atoms with E-state index < -0.39 is 0 Å². The summed E-state index contributed by atoms with van der Waals surface area (Å²) in [4.78, 5) is 0. The Morgan fingerprint density at radius 1 is 1.05 bits per heavy atom. The lowest BCUT2D eigenvalue weighted by Crippen LogP contribution is -2.54. The summed E-state index contributed by atoms with van der Waals surface area (Å²) in [7, 11) is 0. The van der Waals surface area contributed by atoms with Crippen molar-refractivity contribution >= 4 is 15.9 Å². The van der Waals surface area contributed by atoms with Gasteiger partial charge in [0, 0.05) is 17.1 Å². The van der Waals surface area contributed by atoms with Gasteiger partial charge in [0.1, 0.15) is 0 Å². The fourth-order valence-electron chi connectivity index (χ4n) is 5.24. The van der Waals surface area contributed by atoms with Gasteiger partial charge in [-0.2, -0.15) is 0 Å². The van der Waals surface area contributed by atoms with E-state index in [9.17, 15) is 0 Å². The molecule has 4 saturated carbocycles. The molecular formula is C18H24BrN. The van der Waals surface area contributed by atoms with E-state index in [-0.39, 0.29) is 0 Å². The second-order valence-electron chi connectivity index (χ2n) is 7.42. The van der Waals surface area contributed by atoms with Crippen molar-refractivity contribution in [2.45, 2.75) is 51.6 Å². The van der Waals surface area contributed by atoms with Crippen LogP contribution in [0.3, 0.4) is 0 Å². The third kappa shape index (κ3) is 2.35. The molecule has 0 radical (unpaired) electrons. The van der Waals surface area contributed by atoms with Gasteiger partial charge in [-0.25, -0.2) is 0 Å². The lowest BCUT2D eigenvalue weighted by atomic mass is 9.54. The van der Waals surface area contributed by atoms with Crippen molar-refractivity contribution in [1.29, 1.82) is 0 Å². The Morgan fingerprint density at radius 2 is 1.70 bits per heavy atom. The molecule has 4 aliphatic carbocycles. The second-order valence-corrected chi connectivity index (χ2v) is 8.28. The minimum absolute atomic E-state index is 0.794. The molecule has 4 fully saturated rings. The van der Waals surface area contributed by atoms with E-state index in [4.69, 9.17) is 0 Å². The fraction of sp³-hybridized carbons (Fsp3) is 0.667. The number of aryl methyl sites for hydroxylation is 1. The summed E-state index contributed by atoms with van der Waals surface area (Å²) in [5.74, 6) is 4.09. The number of hydrogen-bond donors (Lipinski definition) is 1. The monoisotopic (exact) mass is 333 g/mol. The third-order valence-electron chi connectivity index (χ3n) is 6.00. The Bertz CT molecular complexity index is 482. The molecule has 0 saturated heterocycles. The first-order valence-corrected chi connectivity index (χ1v) is 8.96. The molecule has 1 nitrogen and oxygen atoms in total. The molecule has 4 aliphatic rings. The highest BCUT2D eigenvalue weighted by Crippen LogP contribution is 2.53. The first-order valence-electron chi connectivity index (χ1n) is 8.17. The van der Waals surface area contributed by atoms with Gasteiger partial charge in [-0.15, -0.1) is 0 Å². The third-order valence-corrected chi connectivity index (χ3v) is 6.86. The van der Waals surface area contributed by atoms with E-state index in [2.05, 4.69) is 46.4 Å². The lowest BCUT2D eigenvalue weighted by Gasteiger charge is -2.54. The van der Waals surface area contributed by atoms with Crippen LogP contribution in [0.15, 0.2) is 22.7 Å². The highest BCUT2D eigenvalue weighted by Gasteiger charge is 2.47. The van der Waals surface area contributed by atoms with E-state index in [1.807, 2.05) is 0 Å². The average molecular weight is 334 g/mol. The van der Waals surface area contributed by atoms with Gasteiger partial charge in [-0.3, -0.25) is 0 Å². The Morgan fingerprint density at radius 3 is 2.30 bits per heavy atom. The zero-order valence-electron chi connectivity index (χ0n) is 12.2. The van der Waals surface area contributed by atoms with E-state index in [1.165, 1.54) is 41.3 Å². The van der Waals surface area contributed by atoms with E-state index in [0.29, 0.717) is 0 Å². The molecule has 0 unspecified atom stereocenters. The molecule has 1 aromatic carbocycles. The lowest BCUT2D eigenvalue weighted by molar-refractivity contribution is -0.0142. The molecule has 108 valence electrons. The Hall–Kier alpha value is -0.340. The van der Waals surface area contributed by atoms with Crippen LogP contribution in [0.25, 0.3) is 0 Å². The highest BCUT2D eigenvalue weighted by atomic mass is 79.9. The molecule has 0 heterocycles. The summed E-state index contributed by atoms with van der Waals surface area (Å²) >= 11 is 3.65. The van der Waals surface area contributed by atoms with Gasteiger partial charge in [0.2, 0.25) is 0 Å². The fourth-order valence-corrected chi connectivity index (χ4v) is 5.67. The van der Waals surface area contributed by atoms with Crippen LogP contribution in [-0.4, -0.2) is 6.04 Å². The van der Waals surface area contributed by atoms with E-state index in [0.717, 1.165) is 36.3 Å². The predicted octanol–water partition coefficient (Wildman–Crippen LogP) is 4.67. The normalized spacial score (nSPS) is 38.4. The first-order chi connectivity index (χ1) is 9.69. The zero-order valence-corrected chi connectivity index (χ0v) is 13.8. The summed E-state index contributed by atoms with van der Waals surface area (Å²) in [5.41, 5.74) is 2.74. The van der Waals surface area contributed by atoms with Gasteiger partial charge in [0.05, 0.1) is 0 Å². The number of rotatable bonds is 3. The molecule has 2 heteroatoms. The SMILES string of the molecule is Cc1ccc(CNC2C3CC4CC(C3)CC2C4)cc1Br. The standard InChI is InChI=1S/C18H24BrN/c1-11-2-3-12(9-17(11)19)10-20-18-15-5-13-4-14(7-15)8-16(18)6-13/h2-3,9,13-16,18,20H,4-8,10H2,1H3. The smallest absolute Gasteiger partial charge is 0.0208 e. The summed E-state index contributed by atoms with van der Waals surface area (Å²) in [6.07, 6.45) is 7.56. The van der Waals surface area contributed by atoms with Crippen LogP contribution >= 0.6 is 15.9 Å². The van der Waals surface area contributed by atoms with Gasteiger partial charge >= 0.3 is 0 Å². The van der Waals surface area contributed by atoms with E-state index in [1.54, 1.807) is 6.42 Å². The Kier molecular flexibility index (Phi) is 3.42. The average Bonchev–Trinajstić information content (AvgIpc) is 2.41. The number of benzene rings is 1. The molecule has 1 aromatic rings. The summed E-state index contributed by atoms with van der Waals surface area (Å²) in [5, 5.41) is 3.91. The van der Waals surface area contributed by atoms with Gasteiger partial charge < -0.3 is 5.32 Å². The molecule has 5 rings (SSSR count). The molecule has 0 atom stereocenters. The maximum Gasteiger partial charge on any atom is 0.0208 e. The molecule has 0 aromatic heterocycles. The minimum Gasteiger partial charge on any atom is -0.309 e. The highest BCUT2D eigenvalue weighted by molar-refractivity contribution is 9.10.